The highest BCUT2D eigenvalue weighted by atomic mass is 16.5. The summed E-state index contributed by atoms with van der Waals surface area (Å²) in [5.74, 6) is 0.520. The van der Waals surface area contributed by atoms with Crippen LogP contribution < -0.4 is 15.8 Å². The number of amides is 1. The zero-order chi connectivity index (χ0) is 18.7. The molecule has 0 aliphatic heterocycles. The molecule has 3 aromatic rings. The zero-order valence-electron chi connectivity index (χ0n) is 15.2. The molecule has 7 nitrogen and oxygen atoms in total. The molecular weight excluding hydrogens is 330 g/mol. The standard InChI is InChI=1S/C19H23N5O2/c1-12-10-13(2)22-18(12)19(25)23-14-4-5-17(26-9-7-20)15(11-14)16-6-8-21-24(16)3/h4-6,8,10-11,22H,7,9,20H2,1-3H3,(H,23,25). The second kappa shape index (κ2) is 7.45. The first-order valence-electron chi connectivity index (χ1n) is 8.42. The van der Waals surface area contributed by atoms with E-state index in [0.717, 1.165) is 22.5 Å². The summed E-state index contributed by atoms with van der Waals surface area (Å²) in [5, 5.41) is 7.15. The number of nitrogens with one attached hydrogen (secondary N) is 2. The van der Waals surface area contributed by atoms with Crippen LogP contribution in [-0.4, -0.2) is 33.8 Å². The number of ether oxygens (including phenoxy) is 1. The molecule has 7 heteroatoms. The number of nitrogens with zero attached hydrogens (tertiary/aromatic N) is 2. The van der Waals surface area contributed by atoms with E-state index >= 15 is 0 Å². The number of H-pyrrole nitrogens is 1. The second-order valence-corrected chi connectivity index (χ2v) is 6.15. The number of hydrogen-bond acceptors (Lipinski definition) is 4. The van der Waals surface area contributed by atoms with Crippen LogP contribution in [0.2, 0.25) is 0 Å². The van der Waals surface area contributed by atoms with Gasteiger partial charge in [-0.25, -0.2) is 0 Å². The summed E-state index contributed by atoms with van der Waals surface area (Å²) in [6.45, 7) is 4.67. The lowest BCUT2D eigenvalue weighted by molar-refractivity contribution is 0.102. The molecule has 0 aliphatic carbocycles. The molecule has 0 atom stereocenters. The Kier molecular flexibility index (Phi) is 5.09. The number of hydrogen-bond donors (Lipinski definition) is 3. The van der Waals surface area contributed by atoms with E-state index < -0.39 is 0 Å². The molecule has 1 amide bonds. The van der Waals surface area contributed by atoms with Gasteiger partial charge in [-0.05, 0) is 49.7 Å². The van der Waals surface area contributed by atoms with E-state index in [0.29, 0.717) is 30.3 Å². The van der Waals surface area contributed by atoms with Crippen molar-refractivity contribution in [2.45, 2.75) is 13.8 Å². The highest BCUT2D eigenvalue weighted by Crippen LogP contribution is 2.32. The summed E-state index contributed by atoms with van der Waals surface area (Å²) in [7, 11) is 1.86. The number of nitrogens with two attached hydrogens (primary N) is 1. The van der Waals surface area contributed by atoms with E-state index in [9.17, 15) is 4.79 Å². The molecule has 0 bridgehead atoms. The third-order valence-corrected chi connectivity index (χ3v) is 4.09. The minimum Gasteiger partial charge on any atom is -0.492 e. The predicted molar refractivity (Wildman–Crippen MR) is 101 cm³/mol. The summed E-state index contributed by atoms with van der Waals surface area (Å²) in [6.07, 6.45) is 1.72. The summed E-state index contributed by atoms with van der Waals surface area (Å²) in [4.78, 5) is 15.7. The van der Waals surface area contributed by atoms with Crippen molar-refractivity contribution in [2.75, 3.05) is 18.5 Å². The van der Waals surface area contributed by atoms with E-state index in [1.165, 1.54) is 0 Å². The molecule has 0 aliphatic rings. The molecule has 2 aromatic heterocycles. The fourth-order valence-electron chi connectivity index (χ4n) is 2.90. The largest absolute Gasteiger partial charge is 0.492 e. The quantitative estimate of drug-likeness (QED) is 0.634. The zero-order valence-corrected chi connectivity index (χ0v) is 15.2. The van der Waals surface area contributed by atoms with Crippen molar-refractivity contribution < 1.29 is 9.53 Å². The van der Waals surface area contributed by atoms with Gasteiger partial charge in [-0.2, -0.15) is 5.10 Å². The third kappa shape index (κ3) is 3.62. The first-order chi connectivity index (χ1) is 12.5. The van der Waals surface area contributed by atoms with Gasteiger partial charge < -0.3 is 20.8 Å². The average molecular weight is 353 g/mol. The lowest BCUT2D eigenvalue weighted by Gasteiger charge is -2.14. The minimum atomic E-state index is -0.179. The number of aromatic nitrogens is 3. The molecule has 1 aromatic carbocycles. The fourth-order valence-corrected chi connectivity index (χ4v) is 2.90. The Morgan fingerprint density at radius 2 is 2.12 bits per heavy atom. The molecule has 136 valence electrons. The number of carbonyl (C=O) groups excluding carboxylic acids is 1. The van der Waals surface area contributed by atoms with E-state index in [-0.39, 0.29) is 5.91 Å². The normalized spacial score (nSPS) is 10.8. The molecule has 0 unspecified atom stereocenters. The van der Waals surface area contributed by atoms with Crippen LogP contribution in [0.1, 0.15) is 21.7 Å². The lowest BCUT2D eigenvalue weighted by Crippen LogP contribution is -2.14. The number of aromatic amines is 1. The van der Waals surface area contributed by atoms with Crippen molar-refractivity contribution in [3.8, 4) is 17.0 Å². The minimum absolute atomic E-state index is 0.179. The molecule has 2 heterocycles. The summed E-state index contributed by atoms with van der Waals surface area (Å²) in [6, 6.07) is 9.37. The van der Waals surface area contributed by atoms with Gasteiger partial charge in [-0.3, -0.25) is 9.48 Å². The Balaban J connectivity index is 1.92. The van der Waals surface area contributed by atoms with Gasteiger partial charge in [0.15, 0.2) is 0 Å². The van der Waals surface area contributed by atoms with Crippen molar-refractivity contribution in [2.24, 2.45) is 12.8 Å². The molecule has 0 saturated carbocycles. The Morgan fingerprint density at radius 1 is 1.31 bits per heavy atom. The maximum absolute atomic E-state index is 12.6. The predicted octanol–water partition coefficient (Wildman–Crippen LogP) is 2.62. The van der Waals surface area contributed by atoms with Gasteiger partial charge in [0.2, 0.25) is 0 Å². The Hall–Kier alpha value is -3.06. The SMILES string of the molecule is Cc1cc(C)c(C(=O)Nc2ccc(OCCN)c(-c3ccnn3C)c2)[nH]1. The Bertz CT molecular complexity index is 926. The highest BCUT2D eigenvalue weighted by Gasteiger charge is 2.15. The van der Waals surface area contributed by atoms with Gasteiger partial charge in [0.05, 0.1) is 5.69 Å². The van der Waals surface area contributed by atoms with Crippen LogP contribution in [0.3, 0.4) is 0 Å². The number of anilines is 1. The van der Waals surface area contributed by atoms with Crippen molar-refractivity contribution in [1.29, 1.82) is 0 Å². The number of aryl methyl sites for hydroxylation is 3. The van der Waals surface area contributed by atoms with Gasteiger partial charge >= 0.3 is 0 Å². The number of benzene rings is 1. The Morgan fingerprint density at radius 3 is 2.73 bits per heavy atom. The van der Waals surface area contributed by atoms with Gasteiger partial charge in [0, 0.05) is 36.7 Å². The molecule has 0 fully saturated rings. The maximum atomic E-state index is 12.6. The van der Waals surface area contributed by atoms with Crippen molar-refractivity contribution in [1.82, 2.24) is 14.8 Å². The molecular formula is C19H23N5O2. The van der Waals surface area contributed by atoms with Gasteiger partial charge in [0.1, 0.15) is 18.1 Å². The number of rotatable bonds is 6. The van der Waals surface area contributed by atoms with Crippen LogP contribution in [0.4, 0.5) is 5.69 Å². The van der Waals surface area contributed by atoms with Gasteiger partial charge in [-0.15, -0.1) is 0 Å². The van der Waals surface area contributed by atoms with Crippen LogP contribution in [-0.2, 0) is 7.05 Å². The topological polar surface area (TPSA) is 98.0 Å². The third-order valence-electron chi connectivity index (χ3n) is 4.09. The van der Waals surface area contributed by atoms with Gasteiger partial charge in [-0.1, -0.05) is 0 Å². The first-order valence-corrected chi connectivity index (χ1v) is 8.42. The van der Waals surface area contributed by atoms with Crippen LogP contribution in [0.5, 0.6) is 5.75 Å². The highest BCUT2D eigenvalue weighted by molar-refractivity contribution is 6.04. The van der Waals surface area contributed by atoms with Crippen molar-refractivity contribution in [3.05, 3.63) is 53.5 Å². The summed E-state index contributed by atoms with van der Waals surface area (Å²) < 4.78 is 7.51. The van der Waals surface area contributed by atoms with Crippen LogP contribution >= 0.6 is 0 Å². The fraction of sp³-hybridized carbons (Fsp3) is 0.263. The maximum Gasteiger partial charge on any atom is 0.272 e. The van der Waals surface area contributed by atoms with E-state index in [4.69, 9.17) is 10.5 Å². The van der Waals surface area contributed by atoms with Crippen molar-refractivity contribution in [3.63, 3.8) is 0 Å². The molecule has 0 radical (unpaired) electrons. The first kappa shape index (κ1) is 17.8. The second-order valence-electron chi connectivity index (χ2n) is 6.15. The van der Waals surface area contributed by atoms with Crippen LogP contribution in [0.15, 0.2) is 36.5 Å². The lowest BCUT2D eigenvalue weighted by atomic mass is 10.1. The molecule has 3 rings (SSSR count). The van der Waals surface area contributed by atoms with E-state index in [1.54, 1.807) is 10.9 Å². The summed E-state index contributed by atoms with van der Waals surface area (Å²) >= 11 is 0. The van der Waals surface area contributed by atoms with Crippen LogP contribution in [0, 0.1) is 13.8 Å². The molecule has 0 saturated heterocycles. The Labute approximate surface area is 152 Å². The van der Waals surface area contributed by atoms with Crippen LogP contribution in [0.25, 0.3) is 11.3 Å². The monoisotopic (exact) mass is 353 g/mol. The molecule has 26 heavy (non-hydrogen) atoms. The van der Waals surface area contributed by atoms with Gasteiger partial charge in [0.25, 0.3) is 5.91 Å². The van der Waals surface area contributed by atoms with Crippen molar-refractivity contribution >= 4 is 11.6 Å². The molecule has 0 spiro atoms. The average Bonchev–Trinajstić information content (AvgIpc) is 3.18. The molecule has 4 N–H and O–H groups in total. The number of carbonyl (C=O) groups is 1. The summed E-state index contributed by atoms with van der Waals surface area (Å²) in [5.41, 5.74) is 10.4. The smallest absolute Gasteiger partial charge is 0.272 e. The van der Waals surface area contributed by atoms with E-state index in [2.05, 4.69) is 15.4 Å². The van der Waals surface area contributed by atoms with E-state index in [1.807, 2.05) is 51.2 Å².